The molecule has 4 heterocycles. The lowest BCUT2D eigenvalue weighted by atomic mass is 10.0. The number of hydrogen-bond donors (Lipinski definition) is 0. The summed E-state index contributed by atoms with van der Waals surface area (Å²) >= 11 is 0. The van der Waals surface area contributed by atoms with Crippen LogP contribution in [0.2, 0.25) is 0 Å². The van der Waals surface area contributed by atoms with E-state index in [1.807, 2.05) is 72.8 Å². The molecule has 4 aromatic heterocycles. The Balaban J connectivity index is 1.04. The Morgan fingerprint density at radius 1 is 0.322 bits per heavy atom. The molecule has 0 saturated carbocycles. The molecule has 0 N–H and O–H groups in total. The van der Waals surface area contributed by atoms with Crippen LogP contribution in [-0.4, -0.2) is 19.9 Å². The largest absolute Gasteiger partial charge is 0.456 e. The second-order valence-electron chi connectivity index (χ2n) is 15.0. The van der Waals surface area contributed by atoms with Gasteiger partial charge in [0.05, 0.1) is 5.39 Å². The van der Waals surface area contributed by atoms with Crippen LogP contribution in [-0.2, 0) is 0 Å². The van der Waals surface area contributed by atoms with Gasteiger partial charge >= 0.3 is 0 Å². The Morgan fingerprint density at radius 3 is 1.71 bits per heavy atom. The van der Waals surface area contributed by atoms with Crippen molar-refractivity contribution in [3.8, 4) is 45.6 Å². The quantitative estimate of drug-likeness (QED) is 0.177. The van der Waals surface area contributed by atoms with Crippen LogP contribution >= 0.6 is 0 Å². The van der Waals surface area contributed by atoms with Gasteiger partial charge in [0.15, 0.2) is 23.1 Å². The average Bonchev–Trinajstić information content (AvgIpc) is 4.02. The summed E-state index contributed by atoms with van der Waals surface area (Å²) in [6, 6.07) is 57.8. The minimum absolute atomic E-state index is 0.554. The van der Waals surface area contributed by atoms with Crippen LogP contribution < -0.4 is 0 Å². The zero-order valence-corrected chi connectivity index (χ0v) is 31.2. The maximum absolute atomic E-state index is 6.65. The molecule has 13 aromatic rings. The normalized spacial score (nSPS) is 12.1. The van der Waals surface area contributed by atoms with Crippen molar-refractivity contribution in [2.24, 2.45) is 0 Å². The molecule has 0 aliphatic rings. The van der Waals surface area contributed by atoms with Crippen molar-refractivity contribution < 1.29 is 13.3 Å². The topological polar surface area (TPSA) is 91.0 Å². The van der Waals surface area contributed by atoms with Crippen molar-refractivity contribution in [2.75, 3.05) is 0 Å². The molecule has 59 heavy (non-hydrogen) atoms. The van der Waals surface area contributed by atoms with Crippen molar-refractivity contribution in [1.29, 1.82) is 0 Å². The molecule has 9 aromatic carbocycles. The lowest BCUT2D eigenvalue weighted by Crippen LogP contribution is -2.00. The molecule has 7 heteroatoms. The van der Waals surface area contributed by atoms with Crippen molar-refractivity contribution in [3.63, 3.8) is 0 Å². The molecule has 7 nitrogen and oxygen atoms in total. The number of oxazole rings is 1. The minimum atomic E-state index is 0.554. The fraction of sp³-hybridized carbons (Fsp3) is 0. The Bertz CT molecular complexity index is 3880. The standard InChI is InChI=1S/C52H28N4O3/c1-3-10-32-26-34(19-16-29(32)8-1)49-54-50(56-51(55-49)38-13-7-15-42-45(38)37-12-5-6-14-41(37)57-42)35-20-18-31-22-24-43-46(39(31)28-35)47-44(58-43)25-23-40-48(47)59-52(53-40)36-21-17-30-9-2-4-11-33(30)27-36/h1-28H. The predicted octanol–water partition coefficient (Wildman–Crippen LogP) is 13.9. The van der Waals surface area contributed by atoms with Gasteiger partial charge in [0.1, 0.15) is 27.8 Å². The van der Waals surface area contributed by atoms with Crippen molar-refractivity contribution in [1.82, 2.24) is 19.9 Å². The Morgan fingerprint density at radius 2 is 0.898 bits per heavy atom. The number of para-hydroxylation sites is 1. The smallest absolute Gasteiger partial charge is 0.227 e. The molecule has 0 bridgehead atoms. The molecule has 0 aliphatic heterocycles. The summed E-state index contributed by atoms with van der Waals surface area (Å²) in [6.45, 7) is 0. The highest BCUT2D eigenvalue weighted by Gasteiger charge is 2.21. The molecule has 0 aliphatic carbocycles. The molecule has 0 amide bonds. The first-order chi connectivity index (χ1) is 29.2. The third kappa shape index (κ3) is 4.95. The molecule has 274 valence electrons. The predicted molar refractivity (Wildman–Crippen MR) is 236 cm³/mol. The van der Waals surface area contributed by atoms with E-state index in [-0.39, 0.29) is 0 Å². The van der Waals surface area contributed by atoms with E-state index in [0.29, 0.717) is 28.9 Å². The van der Waals surface area contributed by atoms with Gasteiger partial charge in [-0.2, -0.15) is 0 Å². The fourth-order valence-corrected chi connectivity index (χ4v) is 8.69. The number of benzene rings is 9. The van der Waals surface area contributed by atoms with Crippen molar-refractivity contribution in [3.05, 3.63) is 170 Å². The summed E-state index contributed by atoms with van der Waals surface area (Å²) in [5.41, 5.74) is 8.06. The second-order valence-corrected chi connectivity index (χ2v) is 15.0. The summed E-state index contributed by atoms with van der Waals surface area (Å²) in [5, 5.41) is 10.4. The van der Waals surface area contributed by atoms with Gasteiger partial charge in [-0.25, -0.2) is 19.9 Å². The monoisotopic (exact) mass is 756 g/mol. The molecule has 0 radical (unpaired) electrons. The fourth-order valence-electron chi connectivity index (χ4n) is 8.69. The number of nitrogens with zero attached hydrogens (tertiary/aromatic N) is 4. The molecule has 13 rings (SSSR count). The van der Waals surface area contributed by atoms with E-state index < -0.39 is 0 Å². The van der Waals surface area contributed by atoms with Crippen molar-refractivity contribution >= 4 is 87.3 Å². The van der Waals surface area contributed by atoms with Gasteiger partial charge < -0.3 is 13.3 Å². The van der Waals surface area contributed by atoms with Gasteiger partial charge in [-0.1, -0.05) is 115 Å². The highest BCUT2D eigenvalue weighted by atomic mass is 16.4. The van der Waals surface area contributed by atoms with Crippen LogP contribution in [0.4, 0.5) is 0 Å². The SMILES string of the molecule is c1ccc2cc(-c3nc(-c4ccc5ccc6oc7ccc8nc(-c9ccc%10ccccc%10c9)oc8c7c6c5c4)nc(-c4cccc5oc6ccccc6c45)n3)ccc2c1. The zero-order chi connectivity index (χ0) is 38.6. The maximum Gasteiger partial charge on any atom is 0.227 e. The number of hydrogen-bond acceptors (Lipinski definition) is 7. The van der Waals surface area contributed by atoms with Crippen LogP contribution in [0.1, 0.15) is 0 Å². The van der Waals surface area contributed by atoms with Crippen LogP contribution in [0, 0.1) is 0 Å². The maximum atomic E-state index is 6.65. The summed E-state index contributed by atoms with van der Waals surface area (Å²) in [7, 11) is 0. The first-order valence-corrected chi connectivity index (χ1v) is 19.5. The van der Waals surface area contributed by atoms with Crippen molar-refractivity contribution in [2.45, 2.75) is 0 Å². The molecule has 0 saturated heterocycles. The Kier molecular flexibility index (Phi) is 6.60. The van der Waals surface area contributed by atoms with Crippen LogP contribution in [0.15, 0.2) is 183 Å². The first-order valence-electron chi connectivity index (χ1n) is 19.5. The zero-order valence-electron chi connectivity index (χ0n) is 31.2. The summed E-state index contributed by atoms with van der Waals surface area (Å²) in [6.07, 6.45) is 0. The van der Waals surface area contributed by atoms with E-state index in [9.17, 15) is 0 Å². The van der Waals surface area contributed by atoms with Crippen LogP contribution in [0.5, 0.6) is 0 Å². The summed E-state index contributed by atoms with van der Waals surface area (Å²) in [5.74, 6) is 2.26. The van der Waals surface area contributed by atoms with Crippen LogP contribution in [0.25, 0.3) is 133 Å². The minimum Gasteiger partial charge on any atom is -0.456 e. The number of furan rings is 2. The highest BCUT2D eigenvalue weighted by Crippen LogP contribution is 2.42. The average molecular weight is 757 g/mol. The molecule has 0 spiro atoms. The van der Waals surface area contributed by atoms with Gasteiger partial charge in [-0.15, -0.1) is 0 Å². The van der Waals surface area contributed by atoms with Crippen LogP contribution in [0.3, 0.4) is 0 Å². The lowest BCUT2D eigenvalue weighted by Gasteiger charge is -2.11. The Labute approximate surface area is 334 Å². The molecular weight excluding hydrogens is 729 g/mol. The van der Waals surface area contributed by atoms with Gasteiger partial charge in [-0.05, 0) is 86.9 Å². The van der Waals surface area contributed by atoms with Gasteiger partial charge in [0.2, 0.25) is 5.89 Å². The lowest BCUT2D eigenvalue weighted by molar-refractivity contribution is 0.622. The number of rotatable bonds is 4. The molecule has 0 unspecified atom stereocenters. The van der Waals surface area contributed by atoms with E-state index in [2.05, 4.69) is 97.1 Å². The molecule has 0 atom stereocenters. The highest BCUT2D eigenvalue weighted by molar-refractivity contribution is 6.25. The number of fused-ring (bicyclic) bond motifs is 12. The van der Waals surface area contributed by atoms with Gasteiger partial charge in [0, 0.05) is 38.4 Å². The van der Waals surface area contributed by atoms with Gasteiger partial charge in [-0.3, -0.25) is 0 Å². The van der Waals surface area contributed by atoms with E-state index in [0.717, 1.165) is 98.6 Å². The third-order valence-electron chi connectivity index (χ3n) is 11.5. The van der Waals surface area contributed by atoms with E-state index >= 15 is 0 Å². The summed E-state index contributed by atoms with van der Waals surface area (Å²) < 4.78 is 19.5. The van der Waals surface area contributed by atoms with E-state index in [4.69, 9.17) is 33.2 Å². The molecule has 0 fully saturated rings. The van der Waals surface area contributed by atoms with E-state index in [1.165, 1.54) is 5.39 Å². The number of aromatic nitrogens is 4. The molecular formula is C52H28N4O3. The Hall–Kier alpha value is -8.16. The summed E-state index contributed by atoms with van der Waals surface area (Å²) in [4.78, 5) is 20.5. The van der Waals surface area contributed by atoms with Gasteiger partial charge in [0.25, 0.3) is 0 Å². The first kappa shape index (κ1) is 32.0. The second kappa shape index (κ2) is 12.2. The van der Waals surface area contributed by atoms with E-state index in [1.54, 1.807) is 0 Å². The third-order valence-corrected chi connectivity index (χ3v) is 11.5.